The van der Waals surface area contributed by atoms with Gasteiger partial charge in [0.15, 0.2) is 9.84 Å². The van der Waals surface area contributed by atoms with Gasteiger partial charge < -0.3 is 5.32 Å². The van der Waals surface area contributed by atoms with E-state index in [2.05, 4.69) is 5.32 Å². The summed E-state index contributed by atoms with van der Waals surface area (Å²) in [6.07, 6.45) is 5.48. The second kappa shape index (κ2) is 6.36. The minimum absolute atomic E-state index is 0.00828. The van der Waals surface area contributed by atoms with Crippen molar-refractivity contribution in [1.29, 1.82) is 0 Å². The van der Waals surface area contributed by atoms with Crippen molar-refractivity contribution in [2.75, 3.05) is 18.7 Å². The molecule has 1 amide bonds. The summed E-state index contributed by atoms with van der Waals surface area (Å²) in [6, 6.07) is 6.10. The fourth-order valence-electron chi connectivity index (χ4n) is 2.72. The van der Waals surface area contributed by atoms with Crippen molar-refractivity contribution in [3.8, 4) is 0 Å². The minimum atomic E-state index is -3.31. The second-order valence-corrected chi connectivity index (χ2v) is 8.11. The van der Waals surface area contributed by atoms with Crippen LogP contribution in [0.25, 0.3) is 0 Å². The van der Waals surface area contributed by atoms with Gasteiger partial charge in [0.1, 0.15) is 0 Å². The van der Waals surface area contributed by atoms with E-state index in [1.807, 2.05) is 0 Å². The molecule has 1 aliphatic carbocycles. The van der Waals surface area contributed by atoms with E-state index in [0.717, 1.165) is 31.9 Å². The van der Waals surface area contributed by atoms with Crippen LogP contribution in [0.4, 0.5) is 0 Å². The summed E-state index contributed by atoms with van der Waals surface area (Å²) >= 11 is 6.05. The molecule has 0 bridgehead atoms. The summed E-state index contributed by atoms with van der Waals surface area (Å²) in [5.41, 5.74) is 0.353. The van der Waals surface area contributed by atoms with E-state index < -0.39 is 9.84 Å². The fourth-order valence-corrected chi connectivity index (χ4v) is 3.75. The number of carbonyl (C=O) groups is 1. The number of alkyl halides is 1. The van der Waals surface area contributed by atoms with E-state index in [-0.39, 0.29) is 16.2 Å². The Morgan fingerprint density at radius 2 is 2.00 bits per heavy atom. The predicted molar refractivity (Wildman–Crippen MR) is 83.5 cm³/mol. The molecule has 1 fully saturated rings. The fraction of sp³-hybridized carbons (Fsp3) is 0.533. The Hall–Kier alpha value is -1.07. The first kappa shape index (κ1) is 16.3. The molecule has 6 heteroatoms. The van der Waals surface area contributed by atoms with Crippen LogP contribution in [0, 0.1) is 5.41 Å². The van der Waals surface area contributed by atoms with Crippen LogP contribution in [0.3, 0.4) is 0 Å². The molecule has 4 nitrogen and oxygen atoms in total. The molecule has 0 aromatic heterocycles. The van der Waals surface area contributed by atoms with Gasteiger partial charge in [-0.3, -0.25) is 4.79 Å². The molecule has 116 valence electrons. The molecule has 1 N–H and O–H groups in total. The maximum absolute atomic E-state index is 12.2. The molecule has 0 atom stereocenters. The Morgan fingerprint density at radius 3 is 2.57 bits per heavy atom. The van der Waals surface area contributed by atoms with Crippen molar-refractivity contribution in [3.63, 3.8) is 0 Å². The molecular formula is C15H20ClNO3S. The Balaban J connectivity index is 2.07. The van der Waals surface area contributed by atoms with Crippen molar-refractivity contribution in [1.82, 2.24) is 5.32 Å². The number of nitrogens with one attached hydrogen (secondary N) is 1. The average Bonchev–Trinajstić information content (AvgIpc) is 2.93. The van der Waals surface area contributed by atoms with Crippen molar-refractivity contribution in [2.45, 2.75) is 30.6 Å². The Bertz CT molecular complexity index is 622. The largest absolute Gasteiger partial charge is 0.351 e. The summed E-state index contributed by atoms with van der Waals surface area (Å²) in [4.78, 5) is 12.3. The Morgan fingerprint density at radius 1 is 1.33 bits per heavy atom. The summed E-state index contributed by atoms with van der Waals surface area (Å²) in [5.74, 6) is 0.285. The highest BCUT2D eigenvalue weighted by Crippen LogP contribution is 2.38. The molecular weight excluding hydrogens is 310 g/mol. The van der Waals surface area contributed by atoms with E-state index >= 15 is 0 Å². The van der Waals surface area contributed by atoms with Crippen LogP contribution in [0.5, 0.6) is 0 Å². The van der Waals surface area contributed by atoms with Gasteiger partial charge in [-0.1, -0.05) is 18.9 Å². The number of carbonyl (C=O) groups excluding carboxylic acids is 1. The summed E-state index contributed by atoms with van der Waals surface area (Å²) < 4.78 is 23.0. The van der Waals surface area contributed by atoms with Gasteiger partial charge in [-0.15, -0.1) is 11.6 Å². The first-order chi connectivity index (χ1) is 9.86. The Labute approximate surface area is 130 Å². The van der Waals surface area contributed by atoms with E-state index in [4.69, 9.17) is 11.6 Å². The molecule has 0 unspecified atom stereocenters. The van der Waals surface area contributed by atoms with Crippen LogP contribution in [0.1, 0.15) is 36.0 Å². The van der Waals surface area contributed by atoms with Crippen LogP contribution < -0.4 is 5.32 Å². The van der Waals surface area contributed by atoms with Gasteiger partial charge in [0.25, 0.3) is 5.91 Å². The second-order valence-electron chi connectivity index (χ2n) is 5.82. The predicted octanol–water partition coefficient (Wildman–Crippen LogP) is 2.62. The maximum Gasteiger partial charge on any atom is 0.251 e. The number of halogens is 1. The van der Waals surface area contributed by atoms with Crippen molar-refractivity contribution in [3.05, 3.63) is 29.8 Å². The quantitative estimate of drug-likeness (QED) is 0.845. The molecule has 21 heavy (non-hydrogen) atoms. The lowest BCUT2D eigenvalue weighted by Gasteiger charge is -2.26. The minimum Gasteiger partial charge on any atom is -0.351 e. The zero-order chi connectivity index (χ0) is 15.5. The molecule has 0 aliphatic heterocycles. The van der Waals surface area contributed by atoms with Gasteiger partial charge in [-0.2, -0.15) is 0 Å². The van der Waals surface area contributed by atoms with Gasteiger partial charge in [0.05, 0.1) is 4.90 Å². The zero-order valence-corrected chi connectivity index (χ0v) is 13.6. The van der Waals surface area contributed by atoms with E-state index in [0.29, 0.717) is 18.0 Å². The zero-order valence-electron chi connectivity index (χ0n) is 12.1. The molecule has 2 rings (SSSR count). The monoisotopic (exact) mass is 329 g/mol. The highest BCUT2D eigenvalue weighted by Gasteiger charge is 2.33. The lowest BCUT2D eigenvalue weighted by molar-refractivity contribution is 0.0935. The molecule has 1 aliphatic rings. The van der Waals surface area contributed by atoms with Gasteiger partial charge in [-0.05, 0) is 31.0 Å². The van der Waals surface area contributed by atoms with Gasteiger partial charge in [0.2, 0.25) is 0 Å². The topological polar surface area (TPSA) is 63.2 Å². The molecule has 0 saturated heterocycles. The highest BCUT2D eigenvalue weighted by molar-refractivity contribution is 7.90. The van der Waals surface area contributed by atoms with E-state index in [1.165, 1.54) is 12.1 Å². The number of amides is 1. The molecule has 1 aromatic carbocycles. The molecule has 0 radical (unpaired) electrons. The van der Waals surface area contributed by atoms with E-state index in [9.17, 15) is 13.2 Å². The number of rotatable bonds is 5. The average molecular weight is 330 g/mol. The van der Waals surface area contributed by atoms with Crippen molar-refractivity contribution < 1.29 is 13.2 Å². The maximum atomic E-state index is 12.2. The van der Waals surface area contributed by atoms with Gasteiger partial charge in [0, 0.05) is 29.7 Å². The van der Waals surface area contributed by atoms with Crippen LogP contribution >= 0.6 is 11.6 Å². The lowest BCUT2D eigenvalue weighted by atomic mass is 9.88. The molecule has 0 spiro atoms. The Kier molecular flexibility index (Phi) is 4.94. The normalized spacial score (nSPS) is 17.6. The van der Waals surface area contributed by atoms with E-state index in [1.54, 1.807) is 12.1 Å². The first-order valence-corrected chi connectivity index (χ1v) is 9.43. The first-order valence-electron chi connectivity index (χ1n) is 7.01. The number of benzene rings is 1. The van der Waals surface area contributed by atoms with Crippen LogP contribution in [0.15, 0.2) is 29.2 Å². The van der Waals surface area contributed by atoms with Crippen molar-refractivity contribution >= 4 is 27.3 Å². The third-order valence-electron chi connectivity index (χ3n) is 4.10. The molecule has 0 heterocycles. The number of hydrogen-bond donors (Lipinski definition) is 1. The smallest absolute Gasteiger partial charge is 0.251 e. The third-order valence-corrected chi connectivity index (χ3v) is 5.77. The SMILES string of the molecule is CS(=O)(=O)c1cccc(C(=O)NCC2(CCl)CCCC2)c1. The van der Waals surface area contributed by atoms with Gasteiger partial charge in [-0.25, -0.2) is 8.42 Å². The van der Waals surface area contributed by atoms with Crippen LogP contribution in [-0.4, -0.2) is 33.0 Å². The standard InChI is InChI=1S/C15H20ClNO3S/c1-21(19,20)13-6-4-5-12(9-13)14(18)17-11-15(10-16)7-2-3-8-15/h4-6,9H,2-3,7-8,10-11H2,1H3,(H,17,18). The molecule has 1 saturated carbocycles. The van der Waals surface area contributed by atoms with Crippen LogP contribution in [0.2, 0.25) is 0 Å². The summed E-state index contributed by atoms with van der Waals surface area (Å²) in [6.45, 7) is 0.540. The van der Waals surface area contributed by atoms with Gasteiger partial charge >= 0.3 is 0 Å². The van der Waals surface area contributed by atoms with Crippen LogP contribution in [-0.2, 0) is 9.84 Å². The lowest BCUT2D eigenvalue weighted by Crippen LogP contribution is -2.37. The summed E-state index contributed by atoms with van der Waals surface area (Å²) in [7, 11) is -3.31. The van der Waals surface area contributed by atoms with Crippen molar-refractivity contribution in [2.24, 2.45) is 5.41 Å². The highest BCUT2D eigenvalue weighted by atomic mass is 35.5. The third kappa shape index (κ3) is 3.98. The number of hydrogen-bond acceptors (Lipinski definition) is 3. The number of sulfone groups is 1. The molecule has 1 aromatic rings. The summed E-state index contributed by atoms with van der Waals surface area (Å²) in [5, 5.41) is 2.89.